The van der Waals surface area contributed by atoms with E-state index in [9.17, 15) is 0 Å². The van der Waals surface area contributed by atoms with Gasteiger partial charge in [-0.2, -0.15) is 0 Å². The molecule has 4 heterocycles. The van der Waals surface area contributed by atoms with E-state index in [1.54, 1.807) is 0 Å². The van der Waals surface area contributed by atoms with Crippen molar-refractivity contribution >= 4 is 27.9 Å². The molecule has 7 nitrogen and oxygen atoms in total. The summed E-state index contributed by atoms with van der Waals surface area (Å²) in [6.45, 7) is 6.71. The van der Waals surface area contributed by atoms with E-state index in [1.807, 2.05) is 6.07 Å². The number of nitrogen functional groups attached to an aromatic ring is 1. The van der Waals surface area contributed by atoms with E-state index in [0.29, 0.717) is 11.5 Å². The topological polar surface area (TPSA) is 95.8 Å². The van der Waals surface area contributed by atoms with Crippen LogP contribution in [0.25, 0.3) is 33.3 Å². The van der Waals surface area contributed by atoms with Gasteiger partial charge in [0.15, 0.2) is 5.65 Å². The van der Waals surface area contributed by atoms with Gasteiger partial charge >= 0.3 is 0 Å². The maximum atomic E-state index is 6.07. The standard InChI is InChI=1S/C22H26N6O/c1-2-3-20-26-21-16(12-19(23)25-22(21)27-20)18-11-15-10-14(4-5-17(15)24-18)13-28-6-8-29-9-7-28/h4-5,10-12,24H,2-3,6-9,13H2,1H3,(H3,23,25,26,27). The van der Waals surface area contributed by atoms with Gasteiger partial charge in [0.1, 0.15) is 11.6 Å². The molecule has 5 rings (SSSR count). The molecular weight excluding hydrogens is 364 g/mol. The molecule has 0 bridgehead atoms. The number of nitrogens with two attached hydrogens (primary N) is 1. The van der Waals surface area contributed by atoms with Crippen LogP contribution < -0.4 is 5.73 Å². The van der Waals surface area contributed by atoms with Crippen molar-refractivity contribution in [3.8, 4) is 11.3 Å². The summed E-state index contributed by atoms with van der Waals surface area (Å²) in [4.78, 5) is 18.4. The molecule has 7 heteroatoms. The summed E-state index contributed by atoms with van der Waals surface area (Å²) in [5.74, 6) is 1.43. The first-order valence-electron chi connectivity index (χ1n) is 10.3. The second kappa shape index (κ2) is 7.50. The zero-order valence-corrected chi connectivity index (χ0v) is 16.7. The Labute approximate surface area is 169 Å². The number of aryl methyl sites for hydroxylation is 1. The number of pyridine rings is 1. The maximum Gasteiger partial charge on any atom is 0.180 e. The lowest BCUT2D eigenvalue weighted by Gasteiger charge is -2.26. The Bertz CT molecular complexity index is 1150. The third-order valence-corrected chi connectivity index (χ3v) is 5.50. The van der Waals surface area contributed by atoms with Gasteiger partial charge in [-0.15, -0.1) is 0 Å². The van der Waals surface area contributed by atoms with Gasteiger partial charge in [0.05, 0.1) is 18.7 Å². The fourth-order valence-electron chi connectivity index (χ4n) is 4.07. The van der Waals surface area contributed by atoms with E-state index < -0.39 is 0 Å². The molecule has 0 radical (unpaired) electrons. The van der Waals surface area contributed by atoms with Crippen molar-refractivity contribution in [2.45, 2.75) is 26.3 Å². The highest BCUT2D eigenvalue weighted by Gasteiger charge is 2.15. The zero-order valence-electron chi connectivity index (χ0n) is 16.7. The quantitative estimate of drug-likeness (QED) is 0.485. The summed E-state index contributed by atoms with van der Waals surface area (Å²) in [5, 5.41) is 1.20. The van der Waals surface area contributed by atoms with Crippen molar-refractivity contribution in [3.63, 3.8) is 0 Å². The number of fused-ring (bicyclic) bond motifs is 2. The minimum absolute atomic E-state index is 0.480. The fourth-order valence-corrected chi connectivity index (χ4v) is 4.07. The molecule has 0 saturated carbocycles. The van der Waals surface area contributed by atoms with Crippen molar-refractivity contribution in [2.75, 3.05) is 32.0 Å². The Morgan fingerprint density at radius 1 is 1.10 bits per heavy atom. The Balaban J connectivity index is 1.51. The average Bonchev–Trinajstić information content (AvgIpc) is 3.31. The van der Waals surface area contributed by atoms with Crippen LogP contribution >= 0.6 is 0 Å². The minimum atomic E-state index is 0.480. The molecule has 4 aromatic rings. The lowest BCUT2D eigenvalue weighted by molar-refractivity contribution is 0.0342. The van der Waals surface area contributed by atoms with Gasteiger partial charge in [-0.25, -0.2) is 9.97 Å². The molecule has 1 aromatic carbocycles. The first-order valence-corrected chi connectivity index (χ1v) is 10.3. The van der Waals surface area contributed by atoms with E-state index in [-0.39, 0.29) is 0 Å². The highest BCUT2D eigenvalue weighted by molar-refractivity contribution is 5.95. The van der Waals surface area contributed by atoms with Gasteiger partial charge in [-0.1, -0.05) is 13.0 Å². The first-order chi connectivity index (χ1) is 14.2. The van der Waals surface area contributed by atoms with E-state index in [1.165, 1.54) is 10.9 Å². The first kappa shape index (κ1) is 18.1. The summed E-state index contributed by atoms with van der Waals surface area (Å²) in [6, 6.07) is 10.7. The van der Waals surface area contributed by atoms with Crippen LogP contribution in [0.4, 0.5) is 5.82 Å². The predicted molar refractivity (Wildman–Crippen MR) is 116 cm³/mol. The van der Waals surface area contributed by atoms with Gasteiger partial charge < -0.3 is 20.4 Å². The van der Waals surface area contributed by atoms with Crippen LogP contribution in [0.15, 0.2) is 30.3 Å². The Morgan fingerprint density at radius 2 is 1.97 bits per heavy atom. The van der Waals surface area contributed by atoms with Crippen molar-refractivity contribution in [2.24, 2.45) is 0 Å². The lowest BCUT2D eigenvalue weighted by atomic mass is 10.1. The average molecular weight is 390 g/mol. The predicted octanol–water partition coefficient (Wildman–Crippen LogP) is 3.47. The molecule has 1 saturated heterocycles. The number of hydrogen-bond donors (Lipinski definition) is 3. The molecule has 1 fully saturated rings. The van der Waals surface area contributed by atoms with Crippen LogP contribution in [0.3, 0.4) is 0 Å². The molecule has 0 aliphatic carbocycles. The monoisotopic (exact) mass is 390 g/mol. The third-order valence-electron chi connectivity index (χ3n) is 5.50. The molecule has 1 aliphatic rings. The Morgan fingerprint density at radius 3 is 2.79 bits per heavy atom. The second-order valence-electron chi connectivity index (χ2n) is 7.72. The normalized spacial score (nSPS) is 15.5. The molecule has 4 N–H and O–H groups in total. The summed E-state index contributed by atoms with van der Waals surface area (Å²) < 4.78 is 5.45. The van der Waals surface area contributed by atoms with Gasteiger partial charge in [-0.05, 0) is 36.2 Å². The van der Waals surface area contributed by atoms with Gasteiger partial charge in [0.25, 0.3) is 0 Å². The second-order valence-corrected chi connectivity index (χ2v) is 7.72. The van der Waals surface area contributed by atoms with Crippen molar-refractivity contribution in [3.05, 3.63) is 41.7 Å². The number of imidazole rings is 1. The van der Waals surface area contributed by atoms with Crippen molar-refractivity contribution < 1.29 is 4.74 Å². The third kappa shape index (κ3) is 3.59. The highest BCUT2D eigenvalue weighted by Crippen LogP contribution is 2.31. The van der Waals surface area contributed by atoms with Crippen LogP contribution in [0, 0.1) is 0 Å². The summed E-state index contributed by atoms with van der Waals surface area (Å²) in [5.41, 5.74) is 12.1. The van der Waals surface area contributed by atoms with Gasteiger partial charge in [0, 0.05) is 48.2 Å². The molecule has 0 atom stereocenters. The van der Waals surface area contributed by atoms with Crippen molar-refractivity contribution in [1.29, 1.82) is 0 Å². The molecule has 3 aromatic heterocycles. The van der Waals surface area contributed by atoms with Crippen LogP contribution in [-0.2, 0) is 17.7 Å². The molecule has 0 amide bonds. The van der Waals surface area contributed by atoms with E-state index in [2.05, 4.69) is 56.0 Å². The van der Waals surface area contributed by atoms with E-state index in [0.717, 1.165) is 73.8 Å². The molecule has 150 valence electrons. The maximum absolute atomic E-state index is 6.07. The van der Waals surface area contributed by atoms with Crippen molar-refractivity contribution in [1.82, 2.24) is 24.8 Å². The minimum Gasteiger partial charge on any atom is -0.384 e. The number of rotatable bonds is 5. The van der Waals surface area contributed by atoms with Crippen LogP contribution in [-0.4, -0.2) is 51.1 Å². The number of nitrogens with zero attached hydrogens (tertiary/aromatic N) is 3. The van der Waals surface area contributed by atoms with Gasteiger partial charge in [0.2, 0.25) is 0 Å². The van der Waals surface area contributed by atoms with Crippen LogP contribution in [0.5, 0.6) is 0 Å². The molecule has 29 heavy (non-hydrogen) atoms. The smallest absolute Gasteiger partial charge is 0.180 e. The number of ether oxygens (including phenoxy) is 1. The van der Waals surface area contributed by atoms with Crippen LogP contribution in [0.1, 0.15) is 24.7 Å². The fraction of sp³-hybridized carbons (Fsp3) is 0.364. The van der Waals surface area contributed by atoms with E-state index in [4.69, 9.17) is 10.5 Å². The molecular formula is C22H26N6O. The number of aromatic nitrogens is 4. The Hall–Kier alpha value is -2.90. The van der Waals surface area contributed by atoms with Gasteiger partial charge in [-0.3, -0.25) is 4.90 Å². The number of hydrogen-bond acceptors (Lipinski definition) is 5. The number of morpholine rings is 1. The number of benzene rings is 1. The zero-order chi connectivity index (χ0) is 19.8. The van der Waals surface area contributed by atoms with Crippen LogP contribution in [0.2, 0.25) is 0 Å². The highest BCUT2D eigenvalue weighted by atomic mass is 16.5. The summed E-state index contributed by atoms with van der Waals surface area (Å²) in [7, 11) is 0. The molecule has 0 unspecified atom stereocenters. The number of H-pyrrole nitrogens is 2. The summed E-state index contributed by atoms with van der Waals surface area (Å²) >= 11 is 0. The Kier molecular flexibility index (Phi) is 4.69. The summed E-state index contributed by atoms with van der Waals surface area (Å²) in [6.07, 6.45) is 1.93. The number of anilines is 1. The van der Waals surface area contributed by atoms with E-state index >= 15 is 0 Å². The molecule has 1 aliphatic heterocycles. The number of nitrogens with one attached hydrogen (secondary N) is 2. The largest absolute Gasteiger partial charge is 0.384 e. The molecule has 0 spiro atoms. The SMILES string of the molecule is CCCc1nc2nc(N)cc(-c3cc4cc(CN5CCOCC5)ccc4[nH]3)c2[nH]1. The lowest BCUT2D eigenvalue weighted by Crippen LogP contribution is -2.35. The number of aromatic amines is 2.